The molecular formula is C14H18O5. The van der Waals surface area contributed by atoms with Crippen molar-refractivity contribution < 1.29 is 23.8 Å². The summed E-state index contributed by atoms with van der Waals surface area (Å²) in [4.78, 5) is 23.3. The summed E-state index contributed by atoms with van der Waals surface area (Å²) in [5, 5.41) is 0. The summed E-state index contributed by atoms with van der Waals surface area (Å²) in [7, 11) is 3.01. The highest BCUT2D eigenvalue weighted by Crippen LogP contribution is 2.25. The number of ketones is 1. The van der Waals surface area contributed by atoms with E-state index >= 15 is 0 Å². The molecule has 0 radical (unpaired) electrons. The summed E-state index contributed by atoms with van der Waals surface area (Å²) in [6.45, 7) is 2.04. The van der Waals surface area contributed by atoms with Gasteiger partial charge in [0.15, 0.2) is 5.78 Å². The Kier molecular flexibility index (Phi) is 5.85. The first-order chi connectivity index (χ1) is 9.12. The summed E-state index contributed by atoms with van der Waals surface area (Å²) in [6, 6.07) is 4.98. The van der Waals surface area contributed by atoms with Gasteiger partial charge in [-0.25, -0.2) is 0 Å². The van der Waals surface area contributed by atoms with Gasteiger partial charge in [-0.05, 0) is 25.1 Å². The number of hydrogen-bond donors (Lipinski definition) is 0. The maximum absolute atomic E-state index is 12.1. The van der Waals surface area contributed by atoms with Crippen LogP contribution in [0.4, 0.5) is 0 Å². The Morgan fingerprint density at radius 2 is 1.84 bits per heavy atom. The van der Waals surface area contributed by atoms with Crippen LogP contribution in [0.15, 0.2) is 18.2 Å². The molecule has 0 saturated carbocycles. The van der Waals surface area contributed by atoms with E-state index in [-0.39, 0.29) is 24.6 Å². The molecule has 0 heterocycles. The molecule has 5 heteroatoms. The van der Waals surface area contributed by atoms with Gasteiger partial charge in [-0.3, -0.25) is 9.59 Å². The Balaban J connectivity index is 2.77. The predicted molar refractivity (Wildman–Crippen MR) is 69.7 cm³/mol. The SMILES string of the molecule is CCOC(=O)CCC(=O)c1cc(OC)ccc1OC. The molecule has 0 saturated heterocycles. The van der Waals surface area contributed by atoms with E-state index in [0.29, 0.717) is 23.7 Å². The number of carbonyl (C=O) groups excluding carboxylic acids is 2. The topological polar surface area (TPSA) is 61.8 Å². The largest absolute Gasteiger partial charge is 0.497 e. The zero-order valence-corrected chi connectivity index (χ0v) is 11.4. The van der Waals surface area contributed by atoms with Crippen LogP contribution in [0.2, 0.25) is 0 Å². The second-order valence-corrected chi connectivity index (χ2v) is 3.79. The monoisotopic (exact) mass is 266 g/mol. The third-order valence-electron chi connectivity index (χ3n) is 2.57. The highest BCUT2D eigenvalue weighted by Gasteiger charge is 2.15. The molecule has 0 spiro atoms. The van der Waals surface area contributed by atoms with Gasteiger partial charge in [-0.2, -0.15) is 0 Å². The van der Waals surface area contributed by atoms with Crippen LogP contribution in [0.25, 0.3) is 0 Å². The molecule has 0 aliphatic rings. The summed E-state index contributed by atoms with van der Waals surface area (Å²) in [6.07, 6.45) is 0.148. The molecule has 0 atom stereocenters. The molecule has 0 N–H and O–H groups in total. The second kappa shape index (κ2) is 7.41. The van der Waals surface area contributed by atoms with E-state index in [9.17, 15) is 9.59 Å². The van der Waals surface area contributed by atoms with Crippen molar-refractivity contribution in [1.29, 1.82) is 0 Å². The first kappa shape index (κ1) is 15.0. The van der Waals surface area contributed by atoms with Gasteiger partial charge in [0, 0.05) is 6.42 Å². The van der Waals surface area contributed by atoms with Crippen LogP contribution in [-0.4, -0.2) is 32.6 Å². The van der Waals surface area contributed by atoms with Gasteiger partial charge in [0.25, 0.3) is 0 Å². The molecule has 0 aromatic heterocycles. The van der Waals surface area contributed by atoms with Crippen molar-refractivity contribution in [1.82, 2.24) is 0 Å². The fourth-order valence-corrected chi connectivity index (χ4v) is 1.62. The van der Waals surface area contributed by atoms with E-state index < -0.39 is 0 Å². The number of carbonyl (C=O) groups is 2. The van der Waals surface area contributed by atoms with E-state index in [4.69, 9.17) is 14.2 Å². The molecule has 1 aromatic rings. The number of rotatable bonds is 7. The Morgan fingerprint density at radius 1 is 1.11 bits per heavy atom. The van der Waals surface area contributed by atoms with Gasteiger partial charge in [-0.1, -0.05) is 0 Å². The minimum atomic E-state index is -0.377. The van der Waals surface area contributed by atoms with Crippen molar-refractivity contribution in [3.8, 4) is 11.5 Å². The molecule has 0 bridgehead atoms. The number of methoxy groups -OCH3 is 2. The smallest absolute Gasteiger partial charge is 0.306 e. The minimum absolute atomic E-state index is 0.0625. The van der Waals surface area contributed by atoms with E-state index in [1.165, 1.54) is 14.2 Å². The van der Waals surface area contributed by atoms with Crippen LogP contribution in [0.5, 0.6) is 11.5 Å². The van der Waals surface area contributed by atoms with Crippen molar-refractivity contribution in [2.24, 2.45) is 0 Å². The fourth-order valence-electron chi connectivity index (χ4n) is 1.62. The van der Waals surface area contributed by atoms with Crippen LogP contribution < -0.4 is 9.47 Å². The lowest BCUT2D eigenvalue weighted by molar-refractivity contribution is -0.143. The van der Waals surface area contributed by atoms with E-state index in [0.717, 1.165) is 0 Å². The normalized spacial score (nSPS) is 9.84. The number of hydrogen-bond acceptors (Lipinski definition) is 5. The average Bonchev–Trinajstić information content (AvgIpc) is 2.44. The Morgan fingerprint density at radius 3 is 2.42 bits per heavy atom. The zero-order valence-electron chi connectivity index (χ0n) is 11.4. The molecule has 0 aliphatic heterocycles. The van der Waals surface area contributed by atoms with Crippen molar-refractivity contribution >= 4 is 11.8 Å². The number of esters is 1. The number of Topliss-reactive ketones (excluding diaryl/α,β-unsaturated/α-hetero) is 1. The molecule has 19 heavy (non-hydrogen) atoms. The van der Waals surface area contributed by atoms with Gasteiger partial charge in [0.05, 0.1) is 32.8 Å². The fraction of sp³-hybridized carbons (Fsp3) is 0.429. The van der Waals surface area contributed by atoms with Crippen molar-refractivity contribution in [2.45, 2.75) is 19.8 Å². The predicted octanol–water partition coefficient (Wildman–Crippen LogP) is 2.23. The lowest BCUT2D eigenvalue weighted by atomic mass is 10.1. The summed E-state index contributed by atoms with van der Waals surface area (Å²) in [5.41, 5.74) is 0.408. The first-order valence-corrected chi connectivity index (χ1v) is 6.03. The molecular weight excluding hydrogens is 248 g/mol. The molecule has 0 amide bonds. The highest BCUT2D eigenvalue weighted by atomic mass is 16.5. The standard InChI is InChI=1S/C14H18O5/c1-4-19-14(16)8-6-12(15)11-9-10(17-2)5-7-13(11)18-3/h5,7,9H,4,6,8H2,1-3H3. The first-order valence-electron chi connectivity index (χ1n) is 6.03. The third kappa shape index (κ3) is 4.28. The molecule has 0 aliphatic carbocycles. The second-order valence-electron chi connectivity index (χ2n) is 3.79. The minimum Gasteiger partial charge on any atom is -0.497 e. The highest BCUT2D eigenvalue weighted by molar-refractivity contribution is 6.00. The molecule has 1 aromatic carbocycles. The Bertz CT molecular complexity index is 453. The Hall–Kier alpha value is -2.04. The van der Waals surface area contributed by atoms with Crippen molar-refractivity contribution in [3.63, 3.8) is 0 Å². The van der Waals surface area contributed by atoms with Gasteiger partial charge in [0.2, 0.25) is 0 Å². The van der Waals surface area contributed by atoms with Gasteiger partial charge >= 0.3 is 5.97 Å². The number of benzene rings is 1. The number of ether oxygens (including phenoxy) is 3. The maximum atomic E-state index is 12.1. The maximum Gasteiger partial charge on any atom is 0.306 e. The zero-order chi connectivity index (χ0) is 14.3. The molecule has 5 nitrogen and oxygen atoms in total. The Labute approximate surface area is 112 Å². The van der Waals surface area contributed by atoms with Crippen LogP contribution >= 0.6 is 0 Å². The van der Waals surface area contributed by atoms with Crippen LogP contribution in [0.1, 0.15) is 30.1 Å². The lowest BCUT2D eigenvalue weighted by Gasteiger charge is -2.09. The van der Waals surface area contributed by atoms with Crippen LogP contribution in [0, 0.1) is 0 Å². The quantitative estimate of drug-likeness (QED) is 0.559. The molecule has 0 unspecified atom stereocenters. The molecule has 0 fully saturated rings. The summed E-state index contributed by atoms with van der Waals surface area (Å²) < 4.78 is 15.0. The van der Waals surface area contributed by atoms with E-state index in [1.54, 1.807) is 25.1 Å². The van der Waals surface area contributed by atoms with E-state index in [1.807, 2.05) is 0 Å². The average molecular weight is 266 g/mol. The van der Waals surface area contributed by atoms with Gasteiger partial charge < -0.3 is 14.2 Å². The van der Waals surface area contributed by atoms with Crippen LogP contribution in [-0.2, 0) is 9.53 Å². The van der Waals surface area contributed by atoms with E-state index in [2.05, 4.69) is 0 Å². The molecule has 1 rings (SSSR count). The van der Waals surface area contributed by atoms with Crippen LogP contribution in [0.3, 0.4) is 0 Å². The van der Waals surface area contributed by atoms with Crippen molar-refractivity contribution in [3.05, 3.63) is 23.8 Å². The molecule has 104 valence electrons. The summed E-state index contributed by atoms with van der Waals surface area (Å²) >= 11 is 0. The summed E-state index contributed by atoms with van der Waals surface area (Å²) in [5.74, 6) is 0.483. The third-order valence-corrected chi connectivity index (χ3v) is 2.57. The van der Waals surface area contributed by atoms with Gasteiger partial charge in [-0.15, -0.1) is 0 Å². The van der Waals surface area contributed by atoms with Crippen molar-refractivity contribution in [2.75, 3.05) is 20.8 Å². The lowest BCUT2D eigenvalue weighted by Crippen LogP contribution is -2.09. The van der Waals surface area contributed by atoms with Gasteiger partial charge in [0.1, 0.15) is 11.5 Å².